The fraction of sp³-hybridized carbons (Fsp3) is 0.333. The first kappa shape index (κ1) is 11.9. The molecule has 2 aromatic rings. The quantitative estimate of drug-likeness (QED) is 0.844. The first-order valence-corrected chi connectivity index (χ1v) is 6.04. The first-order valence-electron chi connectivity index (χ1n) is 6.04. The Labute approximate surface area is 102 Å². The van der Waals surface area contributed by atoms with Crippen molar-refractivity contribution < 1.29 is 5.11 Å². The molecule has 0 saturated heterocycles. The van der Waals surface area contributed by atoms with Gasteiger partial charge in [-0.1, -0.05) is 32.0 Å². The zero-order valence-corrected chi connectivity index (χ0v) is 10.4. The summed E-state index contributed by atoms with van der Waals surface area (Å²) in [5.41, 5.74) is 7.33. The SMILES string of the molecule is CC(C)C[C@@H](N)c1ccc2cc(O)ccc2c1. The van der Waals surface area contributed by atoms with Crippen LogP contribution in [0.2, 0.25) is 0 Å². The Morgan fingerprint density at radius 1 is 1.06 bits per heavy atom. The van der Waals surface area contributed by atoms with Gasteiger partial charge in [0.25, 0.3) is 0 Å². The molecule has 1 atom stereocenters. The van der Waals surface area contributed by atoms with Crippen molar-refractivity contribution in [2.24, 2.45) is 11.7 Å². The molecule has 0 aromatic heterocycles. The highest BCUT2D eigenvalue weighted by atomic mass is 16.3. The Bertz CT molecular complexity index is 519. The van der Waals surface area contributed by atoms with Crippen molar-refractivity contribution in [1.29, 1.82) is 0 Å². The van der Waals surface area contributed by atoms with E-state index in [-0.39, 0.29) is 6.04 Å². The molecule has 17 heavy (non-hydrogen) atoms. The van der Waals surface area contributed by atoms with Crippen molar-refractivity contribution in [3.63, 3.8) is 0 Å². The topological polar surface area (TPSA) is 46.2 Å². The van der Waals surface area contributed by atoms with E-state index in [9.17, 15) is 5.11 Å². The summed E-state index contributed by atoms with van der Waals surface area (Å²) >= 11 is 0. The number of fused-ring (bicyclic) bond motifs is 1. The fourth-order valence-electron chi connectivity index (χ4n) is 2.13. The summed E-state index contributed by atoms with van der Waals surface area (Å²) in [7, 11) is 0. The van der Waals surface area contributed by atoms with Gasteiger partial charge in [-0.3, -0.25) is 0 Å². The first-order chi connectivity index (χ1) is 8.06. The highest BCUT2D eigenvalue weighted by Crippen LogP contribution is 2.25. The lowest BCUT2D eigenvalue weighted by Gasteiger charge is -2.15. The summed E-state index contributed by atoms with van der Waals surface area (Å²) in [6.45, 7) is 4.36. The number of rotatable bonds is 3. The van der Waals surface area contributed by atoms with Gasteiger partial charge >= 0.3 is 0 Å². The van der Waals surface area contributed by atoms with Crippen molar-refractivity contribution in [3.05, 3.63) is 42.0 Å². The van der Waals surface area contributed by atoms with Crippen LogP contribution in [0.3, 0.4) is 0 Å². The Morgan fingerprint density at radius 3 is 2.41 bits per heavy atom. The number of hydrogen-bond acceptors (Lipinski definition) is 2. The number of phenolic OH excluding ortho intramolecular Hbond substituents is 1. The van der Waals surface area contributed by atoms with Crippen LogP contribution < -0.4 is 5.73 Å². The maximum Gasteiger partial charge on any atom is 0.116 e. The second kappa shape index (κ2) is 4.76. The summed E-state index contributed by atoms with van der Waals surface area (Å²) in [5.74, 6) is 0.900. The zero-order chi connectivity index (χ0) is 12.4. The number of hydrogen-bond donors (Lipinski definition) is 2. The van der Waals surface area contributed by atoms with Crippen LogP contribution in [0.25, 0.3) is 10.8 Å². The van der Waals surface area contributed by atoms with Crippen LogP contribution in [0.1, 0.15) is 31.9 Å². The molecule has 0 aliphatic rings. The Balaban J connectivity index is 2.34. The Kier molecular flexibility index (Phi) is 3.34. The molecule has 0 radical (unpaired) electrons. The van der Waals surface area contributed by atoms with E-state index in [4.69, 9.17) is 5.73 Å². The normalized spacial score (nSPS) is 13.2. The van der Waals surface area contributed by atoms with Gasteiger partial charge in [-0.2, -0.15) is 0 Å². The maximum absolute atomic E-state index is 9.40. The molecular formula is C15H19NO. The second-order valence-electron chi connectivity index (χ2n) is 5.03. The van der Waals surface area contributed by atoms with E-state index in [2.05, 4.69) is 26.0 Å². The highest BCUT2D eigenvalue weighted by Gasteiger charge is 2.08. The molecule has 0 aliphatic carbocycles. The van der Waals surface area contributed by atoms with E-state index in [1.807, 2.05) is 12.1 Å². The molecule has 0 saturated carbocycles. The summed E-state index contributed by atoms with van der Waals surface area (Å²) in [4.78, 5) is 0. The Morgan fingerprint density at radius 2 is 1.71 bits per heavy atom. The molecular weight excluding hydrogens is 210 g/mol. The number of nitrogens with two attached hydrogens (primary N) is 1. The van der Waals surface area contributed by atoms with Crippen LogP contribution in [0.4, 0.5) is 0 Å². The average molecular weight is 229 g/mol. The second-order valence-corrected chi connectivity index (χ2v) is 5.03. The number of phenols is 1. The largest absolute Gasteiger partial charge is 0.508 e. The lowest BCUT2D eigenvalue weighted by atomic mass is 9.96. The van der Waals surface area contributed by atoms with Gasteiger partial charge in [0.05, 0.1) is 0 Å². The van der Waals surface area contributed by atoms with Crippen LogP contribution in [0.15, 0.2) is 36.4 Å². The molecule has 2 nitrogen and oxygen atoms in total. The third-order valence-electron chi connectivity index (χ3n) is 3.00. The molecule has 0 bridgehead atoms. The highest BCUT2D eigenvalue weighted by molar-refractivity contribution is 5.84. The number of benzene rings is 2. The van der Waals surface area contributed by atoms with Crippen LogP contribution in [0.5, 0.6) is 5.75 Å². The molecule has 2 heteroatoms. The van der Waals surface area contributed by atoms with Gasteiger partial charge in [0.2, 0.25) is 0 Å². The van der Waals surface area contributed by atoms with Gasteiger partial charge < -0.3 is 10.8 Å². The third kappa shape index (κ3) is 2.77. The summed E-state index contributed by atoms with van der Waals surface area (Å²) < 4.78 is 0. The van der Waals surface area contributed by atoms with Gasteiger partial charge in [0.1, 0.15) is 5.75 Å². The van der Waals surface area contributed by atoms with Crippen molar-refractivity contribution in [3.8, 4) is 5.75 Å². The smallest absolute Gasteiger partial charge is 0.116 e. The summed E-state index contributed by atoms with van der Waals surface area (Å²) in [6.07, 6.45) is 0.990. The molecule has 2 rings (SSSR count). The minimum absolute atomic E-state index is 0.0909. The van der Waals surface area contributed by atoms with Crippen LogP contribution in [-0.4, -0.2) is 5.11 Å². The molecule has 0 amide bonds. The molecule has 0 fully saturated rings. The van der Waals surface area contributed by atoms with E-state index in [0.717, 1.165) is 22.8 Å². The molecule has 0 unspecified atom stereocenters. The van der Waals surface area contributed by atoms with E-state index in [1.54, 1.807) is 12.1 Å². The van der Waals surface area contributed by atoms with E-state index >= 15 is 0 Å². The average Bonchev–Trinajstić information content (AvgIpc) is 2.27. The maximum atomic E-state index is 9.40. The molecule has 0 aliphatic heterocycles. The van der Waals surface area contributed by atoms with Crippen molar-refractivity contribution in [2.45, 2.75) is 26.3 Å². The minimum atomic E-state index is 0.0909. The predicted octanol–water partition coefficient (Wildman–Crippen LogP) is 3.59. The zero-order valence-electron chi connectivity index (χ0n) is 10.4. The minimum Gasteiger partial charge on any atom is -0.508 e. The fourth-order valence-corrected chi connectivity index (χ4v) is 2.13. The molecule has 2 aromatic carbocycles. The van der Waals surface area contributed by atoms with Gasteiger partial charge in [-0.15, -0.1) is 0 Å². The van der Waals surface area contributed by atoms with Gasteiger partial charge in [-0.05, 0) is 46.9 Å². The van der Waals surface area contributed by atoms with E-state index in [1.165, 1.54) is 0 Å². The van der Waals surface area contributed by atoms with Crippen molar-refractivity contribution in [1.82, 2.24) is 0 Å². The lowest BCUT2D eigenvalue weighted by molar-refractivity contribution is 0.476. The third-order valence-corrected chi connectivity index (χ3v) is 3.00. The lowest BCUT2D eigenvalue weighted by Crippen LogP contribution is -2.12. The van der Waals surface area contributed by atoms with Crippen molar-refractivity contribution in [2.75, 3.05) is 0 Å². The summed E-state index contributed by atoms with van der Waals surface area (Å²) in [6, 6.07) is 11.7. The monoisotopic (exact) mass is 229 g/mol. The van der Waals surface area contributed by atoms with Crippen LogP contribution >= 0.6 is 0 Å². The van der Waals surface area contributed by atoms with E-state index < -0.39 is 0 Å². The van der Waals surface area contributed by atoms with Crippen LogP contribution in [-0.2, 0) is 0 Å². The standard InChI is InChI=1S/C15H19NO/c1-10(2)7-15(16)13-4-3-12-9-14(17)6-5-11(12)8-13/h3-6,8-10,15,17H,7,16H2,1-2H3/t15-/m1/s1. The van der Waals surface area contributed by atoms with Crippen molar-refractivity contribution >= 4 is 10.8 Å². The van der Waals surface area contributed by atoms with Gasteiger partial charge in [0, 0.05) is 6.04 Å². The molecule has 3 N–H and O–H groups in total. The van der Waals surface area contributed by atoms with Crippen LogP contribution in [0, 0.1) is 5.92 Å². The molecule has 0 heterocycles. The van der Waals surface area contributed by atoms with Gasteiger partial charge in [-0.25, -0.2) is 0 Å². The Hall–Kier alpha value is -1.54. The summed E-state index contributed by atoms with van der Waals surface area (Å²) in [5, 5.41) is 11.6. The molecule has 90 valence electrons. The number of aromatic hydroxyl groups is 1. The molecule has 0 spiro atoms. The van der Waals surface area contributed by atoms with E-state index in [0.29, 0.717) is 11.7 Å². The predicted molar refractivity (Wildman–Crippen MR) is 72.0 cm³/mol. The van der Waals surface area contributed by atoms with Gasteiger partial charge in [0.15, 0.2) is 0 Å².